The molecular formula is C18H14N2O7. The molecule has 0 N–H and O–H groups in total. The van der Waals surface area contributed by atoms with E-state index in [-0.39, 0.29) is 22.4 Å². The number of carbonyl (C=O) groups is 3. The Hall–Kier alpha value is -3.75. The number of carbonyl (C=O) groups excluding carboxylic acids is 3. The lowest BCUT2D eigenvalue weighted by Gasteiger charge is -2.14. The zero-order chi connectivity index (χ0) is 19.7. The molecule has 138 valence electrons. The molecule has 1 aliphatic heterocycles. The summed E-state index contributed by atoms with van der Waals surface area (Å²) in [4.78, 5) is 48.4. The van der Waals surface area contributed by atoms with E-state index in [1.165, 1.54) is 38.5 Å². The van der Waals surface area contributed by atoms with Gasteiger partial charge in [0.1, 0.15) is 0 Å². The minimum atomic E-state index is -0.743. The Labute approximate surface area is 153 Å². The largest absolute Gasteiger partial charge is 0.493 e. The van der Waals surface area contributed by atoms with Crippen LogP contribution in [0, 0.1) is 10.1 Å². The molecule has 0 bridgehead atoms. The molecule has 1 aliphatic rings. The highest BCUT2D eigenvalue weighted by Crippen LogP contribution is 2.29. The van der Waals surface area contributed by atoms with Crippen LogP contribution in [0.1, 0.15) is 31.1 Å². The number of nitro groups is 1. The Bertz CT molecular complexity index is 984. The van der Waals surface area contributed by atoms with Gasteiger partial charge in [-0.3, -0.25) is 29.4 Å². The minimum absolute atomic E-state index is 0.0331. The number of benzene rings is 2. The SMILES string of the molecule is COc1ccc(C(=O)CN2C(=O)c3ccc([N+](=O)[O-])cc3C2=O)cc1OC. The van der Waals surface area contributed by atoms with Gasteiger partial charge in [0.05, 0.1) is 36.8 Å². The van der Waals surface area contributed by atoms with Crippen LogP contribution in [0.2, 0.25) is 0 Å². The number of hydrogen-bond donors (Lipinski definition) is 0. The van der Waals surface area contributed by atoms with Crippen LogP contribution >= 0.6 is 0 Å². The second kappa shape index (κ2) is 6.87. The van der Waals surface area contributed by atoms with Crippen molar-refractivity contribution < 1.29 is 28.8 Å². The van der Waals surface area contributed by atoms with Crippen molar-refractivity contribution in [2.45, 2.75) is 0 Å². The van der Waals surface area contributed by atoms with E-state index in [9.17, 15) is 24.5 Å². The van der Waals surface area contributed by atoms with Gasteiger partial charge in [-0.2, -0.15) is 0 Å². The molecule has 0 atom stereocenters. The van der Waals surface area contributed by atoms with Gasteiger partial charge in [-0.25, -0.2) is 0 Å². The number of Topliss-reactive ketones (excluding diaryl/α,β-unsaturated/α-hetero) is 1. The molecule has 2 aromatic carbocycles. The maximum absolute atomic E-state index is 12.5. The van der Waals surface area contributed by atoms with Crippen molar-refractivity contribution in [2.24, 2.45) is 0 Å². The van der Waals surface area contributed by atoms with E-state index >= 15 is 0 Å². The molecular weight excluding hydrogens is 356 g/mol. The Morgan fingerprint density at radius 2 is 1.67 bits per heavy atom. The fraction of sp³-hybridized carbons (Fsp3) is 0.167. The maximum atomic E-state index is 12.5. The first kappa shape index (κ1) is 18.1. The van der Waals surface area contributed by atoms with Crippen LogP contribution in [-0.4, -0.2) is 48.2 Å². The summed E-state index contributed by atoms with van der Waals surface area (Å²) in [7, 11) is 2.88. The molecule has 2 amide bonds. The van der Waals surface area contributed by atoms with Crippen molar-refractivity contribution in [3.8, 4) is 11.5 Å². The van der Waals surface area contributed by atoms with E-state index in [2.05, 4.69) is 0 Å². The summed E-state index contributed by atoms with van der Waals surface area (Å²) in [5.74, 6) is -1.13. The second-order valence-electron chi connectivity index (χ2n) is 5.68. The Morgan fingerprint density at radius 1 is 1.00 bits per heavy atom. The van der Waals surface area contributed by atoms with Crippen LogP contribution in [0.3, 0.4) is 0 Å². The van der Waals surface area contributed by atoms with Gasteiger partial charge < -0.3 is 9.47 Å². The highest BCUT2D eigenvalue weighted by molar-refractivity contribution is 6.23. The van der Waals surface area contributed by atoms with Crippen molar-refractivity contribution in [3.63, 3.8) is 0 Å². The number of rotatable bonds is 6. The fourth-order valence-electron chi connectivity index (χ4n) is 2.78. The number of nitrogens with zero attached hydrogens (tertiary/aromatic N) is 2. The number of hydrogen-bond acceptors (Lipinski definition) is 7. The summed E-state index contributed by atoms with van der Waals surface area (Å²) < 4.78 is 10.2. The Morgan fingerprint density at radius 3 is 2.30 bits per heavy atom. The van der Waals surface area contributed by atoms with E-state index in [0.29, 0.717) is 11.5 Å². The third-order valence-electron chi connectivity index (χ3n) is 4.17. The normalized spacial score (nSPS) is 12.7. The molecule has 0 aliphatic carbocycles. The van der Waals surface area contributed by atoms with Crippen molar-refractivity contribution >= 4 is 23.3 Å². The molecule has 0 spiro atoms. The summed E-state index contributed by atoms with van der Waals surface area (Å²) in [6, 6.07) is 7.88. The maximum Gasteiger partial charge on any atom is 0.270 e. The summed E-state index contributed by atoms with van der Waals surface area (Å²) >= 11 is 0. The van der Waals surface area contributed by atoms with Gasteiger partial charge in [-0.05, 0) is 24.3 Å². The minimum Gasteiger partial charge on any atom is -0.493 e. The number of non-ortho nitro benzene ring substituents is 1. The first-order valence-corrected chi connectivity index (χ1v) is 7.77. The van der Waals surface area contributed by atoms with E-state index in [1.54, 1.807) is 0 Å². The number of imide groups is 1. The van der Waals surface area contributed by atoms with E-state index in [4.69, 9.17) is 9.47 Å². The standard InChI is InChI=1S/C18H14N2O7/c1-26-15-6-3-10(7-16(15)27-2)14(21)9-19-17(22)12-5-4-11(20(24)25)8-13(12)18(19)23/h3-8H,9H2,1-2H3. The van der Waals surface area contributed by atoms with Crippen LogP contribution in [0.25, 0.3) is 0 Å². The Kier molecular flexibility index (Phi) is 4.59. The smallest absolute Gasteiger partial charge is 0.270 e. The summed E-state index contributed by atoms with van der Waals surface area (Å²) in [5, 5.41) is 10.9. The van der Waals surface area contributed by atoms with Crippen LogP contribution in [-0.2, 0) is 0 Å². The average Bonchev–Trinajstić information content (AvgIpc) is 2.91. The molecule has 0 fully saturated rings. The zero-order valence-electron chi connectivity index (χ0n) is 14.4. The summed E-state index contributed by atoms with van der Waals surface area (Å²) in [6.45, 7) is -0.490. The third kappa shape index (κ3) is 3.10. The topological polar surface area (TPSA) is 116 Å². The molecule has 2 aromatic rings. The fourth-order valence-corrected chi connectivity index (χ4v) is 2.78. The molecule has 9 heteroatoms. The predicted octanol–water partition coefficient (Wildman–Crippen LogP) is 2.09. The molecule has 0 unspecified atom stereocenters. The molecule has 3 rings (SSSR count). The molecule has 9 nitrogen and oxygen atoms in total. The zero-order valence-corrected chi connectivity index (χ0v) is 14.4. The molecule has 0 saturated carbocycles. The second-order valence-corrected chi connectivity index (χ2v) is 5.68. The molecule has 0 radical (unpaired) electrons. The number of ketones is 1. The number of fused-ring (bicyclic) bond motifs is 1. The predicted molar refractivity (Wildman–Crippen MR) is 92.3 cm³/mol. The summed E-state index contributed by atoms with van der Waals surface area (Å²) in [5.41, 5.74) is -0.127. The molecule has 0 aromatic heterocycles. The molecule has 1 heterocycles. The number of nitro benzene ring substituents is 1. The monoisotopic (exact) mass is 370 g/mol. The number of amides is 2. The van der Waals surface area contributed by atoms with Gasteiger partial charge in [0.15, 0.2) is 17.3 Å². The first-order valence-electron chi connectivity index (χ1n) is 7.77. The van der Waals surface area contributed by atoms with Crippen LogP contribution in [0.15, 0.2) is 36.4 Å². The van der Waals surface area contributed by atoms with Crippen molar-refractivity contribution in [1.82, 2.24) is 4.90 Å². The average molecular weight is 370 g/mol. The van der Waals surface area contributed by atoms with E-state index in [0.717, 1.165) is 17.0 Å². The van der Waals surface area contributed by atoms with Gasteiger partial charge in [0.25, 0.3) is 17.5 Å². The lowest BCUT2D eigenvalue weighted by molar-refractivity contribution is -0.384. The van der Waals surface area contributed by atoms with Crippen molar-refractivity contribution in [2.75, 3.05) is 20.8 Å². The number of ether oxygens (including phenoxy) is 2. The Balaban J connectivity index is 1.86. The lowest BCUT2D eigenvalue weighted by Crippen LogP contribution is -2.34. The van der Waals surface area contributed by atoms with Gasteiger partial charge in [0.2, 0.25) is 0 Å². The van der Waals surface area contributed by atoms with Gasteiger partial charge in [-0.1, -0.05) is 0 Å². The molecule has 0 saturated heterocycles. The van der Waals surface area contributed by atoms with Gasteiger partial charge >= 0.3 is 0 Å². The van der Waals surface area contributed by atoms with Crippen LogP contribution < -0.4 is 9.47 Å². The van der Waals surface area contributed by atoms with Gasteiger partial charge in [-0.15, -0.1) is 0 Å². The lowest BCUT2D eigenvalue weighted by atomic mass is 10.1. The van der Waals surface area contributed by atoms with Crippen LogP contribution in [0.5, 0.6) is 11.5 Å². The first-order chi connectivity index (χ1) is 12.9. The van der Waals surface area contributed by atoms with Gasteiger partial charge in [0, 0.05) is 17.7 Å². The highest BCUT2D eigenvalue weighted by atomic mass is 16.6. The van der Waals surface area contributed by atoms with Crippen molar-refractivity contribution in [1.29, 1.82) is 0 Å². The quantitative estimate of drug-likeness (QED) is 0.331. The summed E-state index contributed by atoms with van der Waals surface area (Å²) in [6.07, 6.45) is 0. The van der Waals surface area contributed by atoms with Crippen LogP contribution in [0.4, 0.5) is 5.69 Å². The van der Waals surface area contributed by atoms with E-state index < -0.39 is 29.1 Å². The highest BCUT2D eigenvalue weighted by Gasteiger charge is 2.38. The van der Waals surface area contributed by atoms with E-state index in [1.807, 2.05) is 0 Å². The van der Waals surface area contributed by atoms with Crippen molar-refractivity contribution in [3.05, 3.63) is 63.2 Å². The number of methoxy groups -OCH3 is 2. The molecule has 27 heavy (non-hydrogen) atoms. The third-order valence-corrected chi connectivity index (χ3v) is 4.17.